The summed E-state index contributed by atoms with van der Waals surface area (Å²) in [7, 11) is -4.25. The van der Waals surface area contributed by atoms with Crippen LogP contribution in [0.15, 0.2) is 17.0 Å². The van der Waals surface area contributed by atoms with Gasteiger partial charge in [0.15, 0.2) is 22.6 Å². The lowest BCUT2D eigenvalue weighted by Gasteiger charge is -2.37. The van der Waals surface area contributed by atoms with Crippen LogP contribution in [-0.2, 0) is 10.0 Å². The number of piperazine rings is 1. The first kappa shape index (κ1) is 19.9. The van der Waals surface area contributed by atoms with Crippen LogP contribution in [0.3, 0.4) is 0 Å². The average molecular weight is 434 g/mol. The van der Waals surface area contributed by atoms with Crippen LogP contribution in [0.5, 0.6) is 0 Å². The fraction of sp³-hybridized carbons (Fsp3) is 0.611. The SMILES string of the molecule is O=S(=O)(c1ccc(F)c(F)c1F)N1CCN(C(=S)N[C@H]2C[C@H]3CC[C@H]2C3)CC1. The summed E-state index contributed by atoms with van der Waals surface area (Å²) in [6.07, 6.45) is 4.92. The smallest absolute Gasteiger partial charge is 0.246 e. The monoisotopic (exact) mass is 433 g/mol. The fourth-order valence-corrected chi connectivity index (χ4v) is 6.46. The zero-order valence-corrected chi connectivity index (χ0v) is 16.8. The topological polar surface area (TPSA) is 52.7 Å². The summed E-state index contributed by atoms with van der Waals surface area (Å²) < 4.78 is 66.9. The van der Waals surface area contributed by atoms with Crippen molar-refractivity contribution in [1.29, 1.82) is 0 Å². The van der Waals surface area contributed by atoms with Crippen molar-refractivity contribution in [2.24, 2.45) is 11.8 Å². The number of benzene rings is 1. The number of halogens is 3. The third-order valence-corrected chi connectivity index (χ3v) is 8.48. The molecule has 1 N–H and O–H groups in total. The first-order chi connectivity index (χ1) is 13.3. The third-order valence-electron chi connectivity index (χ3n) is 6.19. The minimum absolute atomic E-state index is 0.0965. The molecule has 2 bridgehead atoms. The van der Waals surface area contributed by atoms with Crippen LogP contribution < -0.4 is 5.32 Å². The third kappa shape index (κ3) is 3.50. The Morgan fingerprint density at radius 1 is 1.04 bits per heavy atom. The molecule has 1 aliphatic heterocycles. The molecule has 2 aliphatic carbocycles. The molecule has 0 aromatic heterocycles. The second-order valence-electron chi connectivity index (χ2n) is 7.80. The molecule has 0 spiro atoms. The number of rotatable bonds is 3. The van der Waals surface area contributed by atoms with Crippen molar-refractivity contribution in [1.82, 2.24) is 14.5 Å². The molecule has 0 radical (unpaired) electrons. The summed E-state index contributed by atoms with van der Waals surface area (Å²) in [5, 5.41) is 4.05. The van der Waals surface area contributed by atoms with E-state index in [-0.39, 0.29) is 13.1 Å². The molecule has 2 saturated carbocycles. The summed E-state index contributed by atoms with van der Waals surface area (Å²) in [6, 6.07) is 1.77. The quantitative estimate of drug-likeness (QED) is 0.586. The molecule has 154 valence electrons. The molecular formula is C18H22F3N3O2S2. The summed E-state index contributed by atoms with van der Waals surface area (Å²) in [6.45, 7) is 0.910. The summed E-state index contributed by atoms with van der Waals surface area (Å²) >= 11 is 5.50. The lowest BCUT2D eigenvalue weighted by atomic mass is 9.95. The fourth-order valence-electron chi connectivity index (χ4n) is 4.65. The maximum atomic E-state index is 14.0. The molecule has 3 aliphatic rings. The van der Waals surface area contributed by atoms with Gasteiger partial charge >= 0.3 is 0 Å². The van der Waals surface area contributed by atoms with Crippen LogP contribution in [0.4, 0.5) is 13.2 Å². The number of hydrogen-bond acceptors (Lipinski definition) is 3. The van der Waals surface area contributed by atoms with Crippen molar-refractivity contribution < 1.29 is 21.6 Å². The summed E-state index contributed by atoms with van der Waals surface area (Å²) in [4.78, 5) is 1.07. The molecule has 1 heterocycles. The van der Waals surface area contributed by atoms with Gasteiger partial charge in [-0.3, -0.25) is 0 Å². The molecule has 0 unspecified atom stereocenters. The van der Waals surface area contributed by atoms with E-state index < -0.39 is 32.4 Å². The van der Waals surface area contributed by atoms with Gasteiger partial charge in [-0.1, -0.05) is 6.42 Å². The van der Waals surface area contributed by atoms with Crippen LogP contribution in [0.2, 0.25) is 0 Å². The van der Waals surface area contributed by atoms with Crippen molar-refractivity contribution in [3.8, 4) is 0 Å². The van der Waals surface area contributed by atoms with Crippen molar-refractivity contribution in [3.63, 3.8) is 0 Å². The molecule has 28 heavy (non-hydrogen) atoms. The van der Waals surface area contributed by atoms with E-state index in [4.69, 9.17) is 12.2 Å². The number of nitrogens with one attached hydrogen (secondary N) is 1. The van der Waals surface area contributed by atoms with Crippen LogP contribution in [0.1, 0.15) is 25.7 Å². The van der Waals surface area contributed by atoms with Crippen molar-refractivity contribution in [2.45, 2.75) is 36.6 Å². The molecule has 1 saturated heterocycles. The van der Waals surface area contributed by atoms with Gasteiger partial charge in [0.2, 0.25) is 10.0 Å². The van der Waals surface area contributed by atoms with Crippen LogP contribution in [-0.4, -0.2) is 55.0 Å². The minimum Gasteiger partial charge on any atom is -0.360 e. The van der Waals surface area contributed by atoms with Gasteiger partial charge in [0, 0.05) is 32.2 Å². The van der Waals surface area contributed by atoms with E-state index >= 15 is 0 Å². The molecule has 4 rings (SSSR count). The van der Waals surface area contributed by atoms with E-state index in [2.05, 4.69) is 5.32 Å². The lowest BCUT2D eigenvalue weighted by molar-refractivity contribution is 0.257. The first-order valence-corrected chi connectivity index (χ1v) is 11.3. The van der Waals surface area contributed by atoms with Gasteiger partial charge in [0.25, 0.3) is 0 Å². The Kier molecular flexibility index (Phi) is 5.30. The zero-order chi connectivity index (χ0) is 20.1. The van der Waals surface area contributed by atoms with E-state index in [0.717, 1.165) is 22.7 Å². The van der Waals surface area contributed by atoms with Gasteiger partial charge in [-0.2, -0.15) is 4.31 Å². The molecule has 10 heteroatoms. The zero-order valence-electron chi connectivity index (χ0n) is 15.2. The molecule has 3 fully saturated rings. The molecular weight excluding hydrogens is 411 g/mol. The Hall–Kier alpha value is -1.39. The largest absolute Gasteiger partial charge is 0.360 e. The normalized spacial score (nSPS) is 28.0. The Balaban J connectivity index is 1.38. The predicted octanol–water partition coefficient (Wildman–Crippen LogP) is 2.47. The second kappa shape index (κ2) is 7.46. The standard InChI is InChI=1S/C18H22F3N3O2S2/c19-13-3-4-15(17(21)16(13)20)28(25,26)24-7-5-23(6-8-24)18(27)22-14-10-11-1-2-12(14)9-11/h3-4,11-12,14H,1-2,5-10H2,(H,22,27)/t11-,12-,14-/m0/s1. The lowest BCUT2D eigenvalue weighted by Crippen LogP contribution is -2.55. The number of sulfonamides is 1. The van der Waals surface area contributed by atoms with Gasteiger partial charge in [-0.25, -0.2) is 21.6 Å². The van der Waals surface area contributed by atoms with Gasteiger partial charge < -0.3 is 10.2 Å². The number of thiocarbonyl (C=S) groups is 1. The van der Waals surface area contributed by atoms with Crippen LogP contribution in [0.25, 0.3) is 0 Å². The first-order valence-electron chi connectivity index (χ1n) is 9.46. The van der Waals surface area contributed by atoms with E-state index in [9.17, 15) is 21.6 Å². The number of nitrogens with zero attached hydrogens (tertiary/aromatic N) is 2. The Morgan fingerprint density at radius 3 is 2.36 bits per heavy atom. The van der Waals surface area contributed by atoms with Gasteiger partial charge in [0.1, 0.15) is 4.90 Å². The maximum absolute atomic E-state index is 14.0. The molecule has 1 aromatic carbocycles. The van der Waals surface area contributed by atoms with Crippen molar-refractivity contribution in [3.05, 3.63) is 29.6 Å². The predicted molar refractivity (Wildman–Crippen MR) is 102 cm³/mol. The van der Waals surface area contributed by atoms with E-state index in [0.29, 0.717) is 36.2 Å². The Morgan fingerprint density at radius 2 is 1.75 bits per heavy atom. The van der Waals surface area contributed by atoms with Crippen molar-refractivity contribution in [2.75, 3.05) is 26.2 Å². The van der Waals surface area contributed by atoms with Gasteiger partial charge in [-0.15, -0.1) is 0 Å². The number of hydrogen-bond donors (Lipinski definition) is 1. The molecule has 1 aromatic rings. The van der Waals surface area contributed by atoms with Crippen molar-refractivity contribution >= 4 is 27.4 Å². The van der Waals surface area contributed by atoms with Crippen LogP contribution >= 0.6 is 12.2 Å². The molecule has 3 atom stereocenters. The minimum atomic E-state index is -4.25. The molecule has 0 amide bonds. The van der Waals surface area contributed by atoms with E-state index in [1.54, 1.807) is 0 Å². The Bertz CT molecular complexity index is 888. The highest BCUT2D eigenvalue weighted by Gasteiger charge is 2.40. The van der Waals surface area contributed by atoms with E-state index in [1.807, 2.05) is 4.90 Å². The van der Waals surface area contributed by atoms with Crippen LogP contribution in [0, 0.1) is 29.3 Å². The highest BCUT2D eigenvalue weighted by atomic mass is 32.2. The number of fused-ring (bicyclic) bond motifs is 2. The average Bonchev–Trinajstić information content (AvgIpc) is 3.29. The Labute approximate surface area is 167 Å². The van der Waals surface area contributed by atoms with Gasteiger partial charge in [-0.05, 0) is 55.4 Å². The second-order valence-corrected chi connectivity index (χ2v) is 10.1. The summed E-state index contributed by atoms with van der Waals surface area (Å²) in [5.41, 5.74) is 0. The maximum Gasteiger partial charge on any atom is 0.246 e. The van der Waals surface area contributed by atoms with E-state index in [1.165, 1.54) is 19.3 Å². The summed E-state index contributed by atoms with van der Waals surface area (Å²) in [5.74, 6) is -3.43. The van der Waals surface area contributed by atoms with Gasteiger partial charge in [0.05, 0.1) is 0 Å². The highest BCUT2D eigenvalue weighted by molar-refractivity contribution is 7.89. The molecule has 5 nitrogen and oxygen atoms in total. The highest BCUT2D eigenvalue weighted by Crippen LogP contribution is 2.44.